The SMILES string of the molecule is Cc1cc(OC[C@@H](C)COS(C)(=O)=O)cc(C)c1Br.Cc1cc(OC[C@@H](C)CS(C)(=O)=O)cc(C)c1Br. The first kappa shape index (κ1) is 33.9. The average Bonchev–Trinajstić information content (AvgIpc) is 2.75. The van der Waals surface area contributed by atoms with E-state index in [1.165, 1.54) is 6.26 Å². The summed E-state index contributed by atoms with van der Waals surface area (Å²) < 4.78 is 62.2. The van der Waals surface area contributed by atoms with Crippen LogP contribution >= 0.6 is 31.9 Å². The molecule has 0 saturated carbocycles. The Morgan fingerprint density at radius 3 is 1.35 bits per heavy atom. The van der Waals surface area contributed by atoms with Crippen LogP contribution in [0.3, 0.4) is 0 Å². The van der Waals surface area contributed by atoms with E-state index in [1.54, 1.807) is 0 Å². The highest BCUT2D eigenvalue weighted by molar-refractivity contribution is 9.10. The Bertz CT molecular complexity index is 1210. The predicted octanol–water partition coefficient (Wildman–Crippen LogP) is 6.18. The molecule has 0 saturated heterocycles. The van der Waals surface area contributed by atoms with Gasteiger partial charge in [0.05, 0.1) is 31.8 Å². The quantitative estimate of drug-likeness (QED) is 0.261. The molecule has 0 bridgehead atoms. The van der Waals surface area contributed by atoms with Gasteiger partial charge in [-0.15, -0.1) is 0 Å². The van der Waals surface area contributed by atoms with Gasteiger partial charge in [0.1, 0.15) is 21.3 Å². The monoisotopic (exact) mass is 684 g/mol. The number of sulfone groups is 1. The number of hydrogen-bond acceptors (Lipinski definition) is 7. The highest BCUT2D eigenvalue weighted by atomic mass is 79.9. The average molecular weight is 687 g/mol. The molecule has 0 N–H and O–H groups in total. The van der Waals surface area contributed by atoms with Crippen molar-refractivity contribution in [1.29, 1.82) is 0 Å². The third-order valence-electron chi connectivity index (χ3n) is 5.04. The zero-order valence-corrected chi connectivity index (χ0v) is 27.5. The van der Waals surface area contributed by atoms with Crippen molar-refractivity contribution in [1.82, 2.24) is 0 Å². The molecule has 0 spiro atoms. The summed E-state index contributed by atoms with van der Waals surface area (Å²) in [6, 6.07) is 7.79. The molecule has 2 atom stereocenters. The normalized spacial score (nSPS) is 13.4. The van der Waals surface area contributed by atoms with Crippen LogP contribution in [0.2, 0.25) is 0 Å². The standard InChI is InChI=1S/C13H19BrO4S.C13H19BrO3S/c1-9(8-18-19(4,15)16)7-17-12-5-10(2)13(14)11(3)6-12;1-9(8-18(4,15)16)7-17-12-5-10(2)13(14)11(3)6-12/h5-6,9H,7-8H2,1-4H3;5-6,9H,7-8H2,1-4H3/t2*9-/m11/s1. The molecule has 0 radical (unpaired) electrons. The van der Waals surface area contributed by atoms with Crippen molar-refractivity contribution in [2.24, 2.45) is 11.8 Å². The van der Waals surface area contributed by atoms with E-state index in [-0.39, 0.29) is 24.2 Å². The van der Waals surface area contributed by atoms with Gasteiger partial charge in [-0.25, -0.2) is 8.42 Å². The molecule has 11 heteroatoms. The van der Waals surface area contributed by atoms with Crippen molar-refractivity contribution in [3.63, 3.8) is 0 Å². The Hall–Kier alpha value is -1.14. The number of aryl methyl sites for hydroxylation is 4. The van der Waals surface area contributed by atoms with E-state index in [0.29, 0.717) is 13.2 Å². The molecule has 37 heavy (non-hydrogen) atoms. The van der Waals surface area contributed by atoms with Crippen LogP contribution in [-0.2, 0) is 24.1 Å². The Morgan fingerprint density at radius 2 is 1.03 bits per heavy atom. The summed E-state index contributed by atoms with van der Waals surface area (Å²) in [4.78, 5) is 0. The van der Waals surface area contributed by atoms with Crippen LogP contribution in [0.25, 0.3) is 0 Å². The Morgan fingerprint density at radius 1 is 0.676 bits per heavy atom. The van der Waals surface area contributed by atoms with Crippen LogP contribution in [0.1, 0.15) is 36.1 Å². The number of halogens is 2. The van der Waals surface area contributed by atoms with E-state index in [9.17, 15) is 16.8 Å². The maximum atomic E-state index is 11.1. The summed E-state index contributed by atoms with van der Waals surface area (Å²) in [5.41, 5.74) is 4.44. The number of hydrogen-bond donors (Lipinski definition) is 0. The smallest absolute Gasteiger partial charge is 0.264 e. The molecule has 0 heterocycles. The van der Waals surface area contributed by atoms with Gasteiger partial charge in [-0.1, -0.05) is 45.7 Å². The Labute approximate surface area is 239 Å². The Balaban J connectivity index is 0.000000371. The van der Waals surface area contributed by atoms with Gasteiger partial charge in [-0.3, -0.25) is 4.18 Å². The fourth-order valence-electron chi connectivity index (χ4n) is 3.31. The first-order valence-electron chi connectivity index (χ1n) is 11.7. The van der Waals surface area contributed by atoms with Gasteiger partial charge in [-0.05, 0) is 74.2 Å². The molecule has 7 nitrogen and oxygen atoms in total. The van der Waals surface area contributed by atoms with E-state index < -0.39 is 20.0 Å². The van der Waals surface area contributed by atoms with Crippen molar-refractivity contribution in [3.05, 3.63) is 55.5 Å². The second-order valence-electron chi connectivity index (χ2n) is 9.66. The molecule has 0 aliphatic carbocycles. The lowest BCUT2D eigenvalue weighted by Crippen LogP contribution is -2.18. The van der Waals surface area contributed by atoms with Crippen molar-refractivity contribution in [2.45, 2.75) is 41.5 Å². The maximum Gasteiger partial charge on any atom is 0.264 e. The largest absolute Gasteiger partial charge is 0.493 e. The van der Waals surface area contributed by atoms with Crippen LogP contribution in [0.4, 0.5) is 0 Å². The molecule has 0 aliphatic heterocycles. The van der Waals surface area contributed by atoms with Crippen LogP contribution in [0.15, 0.2) is 33.2 Å². The lowest BCUT2D eigenvalue weighted by molar-refractivity contribution is 0.193. The topological polar surface area (TPSA) is 96.0 Å². The van der Waals surface area contributed by atoms with Crippen molar-refractivity contribution < 1.29 is 30.5 Å². The van der Waals surface area contributed by atoms with Gasteiger partial charge in [-0.2, -0.15) is 8.42 Å². The molecule has 0 aromatic heterocycles. The summed E-state index contributed by atoms with van der Waals surface area (Å²) >= 11 is 7.00. The number of rotatable bonds is 11. The summed E-state index contributed by atoms with van der Waals surface area (Å²) in [6.07, 6.45) is 2.29. The Kier molecular flexibility index (Phi) is 13.6. The zero-order chi connectivity index (χ0) is 28.6. The van der Waals surface area contributed by atoms with Gasteiger partial charge < -0.3 is 9.47 Å². The lowest BCUT2D eigenvalue weighted by Gasteiger charge is -2.14. The van der Waals surface area contributed by atoms with E-state index in [4.69, 9.17) is 13.7 Å². The van der Waals surface area contributed by atoms with Crippen LogP contribution < -0.4 is 9.47 Å². The minimum absolute atomic E-state index is 0.000941. The van der Waals surface area contributed by atoms with Gasteiger partial charge in [0, 0.05) is 27.0 Å². The fraction of sp³-hybridized carbons (Fsp3) is 0.538. The van der Waals surface area contributed by atoms with Crippen molar-refractivity contribution in [3.8, 4) is 11.5 Å². The zero-order valence-electron chi connectivity index (χ0n) is 22.7. The molecule has 0 unspecified atom stereocenters. The van der Waals surface area contributed by atoms with E-state index in [1.807, 2.05) is 65.8 Å². The minimum atomic E-state index is -3.38. The highest BCUT2D eigenvalue weighted by Gasteiger charge is 2.12. The summed E-state index contributed by atoms with van der Waals surface area (Å²) in [5.74, 6) is 1.71. The van der Waals surface area contributed by atoms with Crippen molar-refractivity contribution >= 4 is 51.8 Å². The van der Waals surface area contributed by atoms with Crippen LogP contribution in [0.5, 0.6) is 11.5 Å². The molecule has 0 fully saturated rings. The van der Waals surface area contributed by atoms with Gasteiger partial charge >= 0.3 is 0 Å². The molecular formula is C26H38Br2O7S2. The third kappa shape index (κ3) is 14.0. The van der Waals surface area contributed by atoms with Gasteiger partial charge in [0.25, 0.3) is 10.1 Å². The van der Waals surface area contributed by atoms with E-state index in [0.717, 1.165) is 49.0 Å². The molecular weight excluding hydrogens is 648 g/mol. The predicted molar refractivity (Wildman–Crippen MR) is 157 cm³/mol. The molecule has 0 amide bonds. The van der Waals surface area contributed by atoms with E-state index >= 15 is 0 Å². The van der Waals surface area contributed by atoms with Crippen molar-refractivity contribution in [2.75, 3.05) is 38.1 Å². The van der Waals surface area contributed by atoms with E-state index in [2.05, 4.69) is 31.9 Å². The second kappa shape index (κ2) is 14.9. The van der Waals surface area contributed by atoms with Crippen LogP contribution in [-0.4, -0.2) is 54.9 Å². The second-order valence-corrected chi connectivity index (χ2v) is 15.1. The maximum absolute atomic E-state index is 11.1. The fourth-order valence-corrected chi connectivity index (χ4v) is 5.38. The highest BCUT2D eigenvalue weighted by Crippen LogP contribution is 2.27. The lowest BCUT2D eigenvalue weighted by atomic mass is 10.1. The minimum Gasteiger partial charge on any atom is -0.493 e. The summed E-state index contributed by atoms with van der Waals surface area (Å²) in [5, 5.41) is 0. The molecule has 2 aromatic rings. The first-order valence-corrected chi connectivity index (χ1v) is 17.2. The molecule has 210 valence electrons. The number of benzene rings is 2. The summed E-state index contributed by atoms with van der Waals surface area (Å²) in [6.45, 7) is 12.7. The van der Waals surface area contributed by atoms with Gasteiger partial charge in [0.2, 0.25) is 0 Å². The first-order chi connectivity index (χ1) is 16.9. The number of ether oxygens (including phenoxy) is 2. The molecule has 2 rings (SSSR count). The third-order valence-corrected chi connectivity index (χ3v) is 9.28. The molecule has 0 aliphatic rings. The van der Waals surface area contributed by atoms with Gasteiger partial charge in [0.15, 0.2) is 0 Å². The van der Waals surface area contributed by atoms with Crippen LogP contribution in [0, 0.1) is 39.5 Å². The molecule has 2 aromatic carbocycles. The summed E-state index contributed by atoms with van der Waals surface area (Å²) in [7, 11) is -6.32.